The maximum atomic E-state index is 14.0. The zero-order chi connectivity index (χ0) is 15.9. The molecular weight excluding hydrogens is 283 g/mol. The number of benzene rings is 1. The summed E-state index contributed by atoms with van der Waals surface area (Å²) < 4.78 is 19.2. The summed E-state index contributed by atoms with van der Waals surface area (Å²) in [5.41, 5.74) is 0.403. The zero-order valence-corrected chi connectivity index (χ0v) is 13.3. The average Bonchev–Trinajstić information content (AvgIpc) is 2.53. The van der Waals surface area contributed by atoms with Gasteiger partial charge in [-0.25, -0.2) is 4.39 Å². The molecule has 1 unspecified atom stereocenters. The van der Waals surface area contributed by atoms with Crippen molar-refractivity contribution in [2.75, 3.05) is 20.2 Å². The minimum absolute atomic E-state index is 0.0312. The maximum Gasteiger partial charge on any atom is 0.220 e. The quantitative estimate of drug-likeness (QED) is 0.849. The fourth-order valence-corrected chi connectivity index (χ4v) is 3.01. The molecule has 2 N–H and O–H groups in total. The van der Waals surface area contributed by atoms with Gasteiger partial charge in [-0.1, -0.05) is 6.07 Å². The van der Waals surface area contributed by atoms with E-state index < -0.39 is 6.04 Å². The summed E-state index contributed by atoms with van der Waals surface area (Å²) in [6.45, 7) is 3.85. The molecule has 1 saturated heterocycles. The molecule has 0 radical (unpaired) electrons. The van der Waals surface area contributed by atoms with E-state index in [9.17, 15) is 9.18 Å². The second-order valence-corrected chi connectivity index (χ2v) is 5.88. The van der Waals surface area contributed by atoms with Gasteiger partial charge in [0.1, 0.15) is 11.6 Å². The van der Waals surface area contributed by atoms with Crippen molar-refractivity contribution in [3.8, 4) is 5.75 Å². The molecule has 1 aromatic rings. The van der Waals surface area contributed by atoms with Crippen molar-refractivity contribution in [2.45, 2.75) is 38.6 Å². The van der Waals surface area contributed by atoms with E-state index in [4.69, 9.17) is 4.74 Å². The summed E-state index contributed by atoms with van der Waals surface area (Å²) in [4.78, 5) is 12.1. The van der Waals surface area contributed by atoms with E-state index in [1.54, 1.807) is 19.1 Å². The molecule has 1 amide bonds. The van der Waals surface area contributed by atoms with Gasteiger partial charge in [0.25, 0.3) is 0 Å². The monoisotopic (exact) mass is 308 g/mol. The second-order valence-electron chi connectivity index (χ2n) is 5.88. The van der Waals surface area contributed by atoms with E-state index in [1.807, 2.05) is 0 Å². The summed E-state index contributed by atoms with van der Waals surface area (Å²) in [5, 5.41) is 6.20. The number of halogens is 1. The van der Waals surface area contributed by atoms with Gasteiger partial charge in [0.15, 0.2) is 0 Å². The number of methoxy groups -OCH3 is 1. The van der Waals surface area contributed by atoms with Crippen LogP contribution in [-0.4, -0.2) is 26.1 Å². The van der Waals surface area contributed by atoms with Crippen molar-refractivity contribution in [2.24, 2.45) is 5.92 Å². The third-order valence-electron chi connectivity index (χ3n) is 4.28. The lowest BCUT2D eigenvalue weighted by atomic mass is 9.93. The first-order valence-electron chi connectivity index (χ1n) is 7.94. The topological polar surface area (TPSA) is 50.4 Å². The van der Waals surface area contributed by atoms with Crippen molar-refractivity contribution in [1.82, 2.24) is 10.6 Å². The SMILES string of the molecule is COc1cccc(F)c1C(C)NC(=O)CCC1CCNCC1. The van der Waals surface area contributed by atoms with Crippen LogP contribution in [0.1, 0.15) is 44.2 Å². The molecule has 0 aliphatic carbocycles. The first kappa shape index (κ1) is 16.7. The van der Waals surface area contributed by atoms with Gasteiger partial charge in [0.05, 0.1) is 18.7 Å². The Labute approximate surface area is 131 Å². The van der Waals surface area contributed by atoms with Crippen LogP contribution in [-0.2, 0) is 4.79 Å². The summed E-state index contributed by atoms with van der Waals surface area (Å²) in [7, 11) is 1.50. The third kappa shape index (κ3) is 4.44. The van der Waals surface area contributed by atoms with E-state index in [0.717, 1.165) is 32.4 Å². The number of rotatable bonds is 6. The van der Waals surface area contributed by atoms with Crippen LogP contribution in [0.2, 0.25) is 0 Å². The van der Waals surface area contributed by atoms with Crippen LogP contribution in [0, 0.1) is 11.7 Å². The molecule has 1 atom stereocenters. The largest absolute Gasteiger partial charge is 0.496 e. The van der Waals surface area contributed by atoms with Crippen LogP contribution < -0.4 is 15.4 Å². The van der Waals surface area contributed by atoms with Crippen molar-refractivity contribution in [1.29, 1.82) is 0 Å². The molecule has 0 bridgehead atoms. The molecule has 1 fully saturated rings. The van der Waals surface area contributed by atoms with Crippen LogP contribution in [0.3, 0.4) is 0 Å². The lowest BCUT2D eigenvalue weighted by Gasteiger charge is -2.23. The molecule has 0 aromatic heterocycles. The van der Waals surface area contributed by atoms with E-state index in [-0.39, 0.29) is 11.7 Å². The van der Waals surface area contributed by atoms with Gasteiger partial charge in [0.2, 0.25) is 5.91 Å². The molecule has 1 aliphatic rings. The number of ether oxygens (including phenoxy) is 1. The highest BCUT2D eigenvalue weighted by molar-refractivity contribution is 5.76. The lowest BCUT2D eigenvalue weighted by molar-refractivity contribution is -0.122. The maximum absolute atomic E-state index is 14.0. The Bertz CT molecular complexity index is 501. The predicted molar refractivity (Wildman–Crippen MR) is 84.3 cm³/mol. The number of carbonyl (C=O) groups excluding carboxylic acids is 1. The van der Waals surface area contributed by atoms with E-state index >= 15 is 0 Å². The van der Waals surface area contributed by atoms with Crippen LogP contribution in [0.15, 0.2) is 18.2 Å². The van der Waals surface area contributed by atoms with Gasteiger partial charge >= 0.3 is 0 Å². The van der Waals surface area contributed by atoms with Crippen LogP contribution in [0.25, 0.3) is 0 Å². The van der Waals surface area contributed by atoms with Gasteiger partial charge in [-0.15, -0.1) is 0 Å². The van der Waals surface area contributed by atoms with Gasteiger partial charge in [0, 0.05) is 6.42 Å². The van der Waals surface area contributed by atoms with E-state index in [1.165, 1.54) is 13.2 Å². The van der Waals surface area contributed by atoms with Crippen LogP contribution in [0.4, 0.5) is 4.39 Å². The first-order chi connectivity index (χ1) is 10.6. The molecule has 122 valence electrons. The van der Waals surface area contributed by atoms with Gasteiger partial charge in [-0.05, 0) is 57.3 Å². The molecule has 2 rings (SSSR count). The van der Waals surface area contributed by atoms with Crippen molar-refractivity contribution in [3.05, 3.63) is 29.6 Å². The molecule has 22 heavy (non-hydrogen) atoms. The smallest absolute Gasteiger partial charge is 0.220 e. The fourth-order valence-electron chi connectivity index (χ4n) is 3.01. The molecule has 5 heteroatoms. The highest BCUT2D eigenvalue weighted by Gasteiger charge is 2.19. The Morgan fingerprint density at radius 3 is 2.86 bits per heavy atom. The minimum atomic E-state index is -0.406. The van der Waals surface area contributed by atoms with Gasteiger partial charge < -0.3 is 15.4 Å². The number of amides is 1. The standard InChI is InChI=1S/C17H25FN2O2/c1-12(17-14(18)4-3-5-15(17)22-2)20-16(21)7-6-13-8-10-19-11-9-13/h3-5,12-13,19H,6-11H2,1-2H3,(H,20,21). The van der Waals surface area contributed by atoms with Gasteiger partial charge in [-0.3, -0.25) is 4.79 Å². The van der Waals surface area contributed by atoms with Gasteiger partial charge in [-0.2, -0.15) is 0 Å². The van der Waals surface area contributed by atoms with Crippen molar-refractivity contribution < 1.29 is 13.9 Å². The second kappa shape index (κ2) is 8.13. The van der Waals surface area contributed by atoms with Crippen molar-refractivity contribution in [3.63, 3.8) is 0 Å². The predicted octanol–water partition coefficient (Wildman–Crippen LogP) is 2.79. The molecule has 4 nitrogen and oxygen atoms in total. The Balaban J connectivity index is 1.88. The highest BCUT2D eigenvalue weighted by atomic mass is 19.1. The summed E-state index contributed by atoms with van der Waals surface area (Å²) in [5.74, 6) is 0.693. The molecule has 0 spiro atoms. The summed E-state index contributed by atoms with van der Waals surface area (Å²) >= 11 is 0. The molecular formula is C17H25FN2O2. The van der Waals surface area contributed by atoms with Crippen LogP contribution >= 0.6 is 0 Å². The Morgan fingerprint density at radius 2 is 2.18 bits per heavy atom. The molecule has 0 saturated carbocycles. The number of carbonyl (C=O) groups is 1. The van der Waals surface area contributed by atoms with Crippen LogP contribution in [0.5, 0.6) is 5.75 Å². The summed E-state index contributed by atoms with van der Waals surface area (Å²) in [6, 6.07) is 4.28. The van der Waals surface area contributed by atoms with E-state index in [0.29, 0.717) is 23.7 Å². The van der Waals surface area contributed by atoms with Crippen molar-refractivity contribution >= 4 is 5.91 Å². The summed E-state index contributed by atoms with van der Waals surface area (Å²) in [6.07, 6.45) is 3.65. The Morgan fingerprint density at radius 1 is 1.45 bits per heavy atom. The number of nitrogens with one attached hydrogen (secondary N) is 2. The van der Waals surface area contributed by atoms with E-state index in [2.05, 4.69) is 10.6 Å². The molecule has 1 heterocycles. The zero-order valence-electron chi connectivity index (χ0n) is 13.3. The Hall–Kier alpha value is -1.62. The average molecular weight is 308 g/mol. The number of hydrogen-bond acceptors (Lipinski definition) is 3. The number of hydrogen-bond donors (Lipinski definition) is 2. The number of piperidine rings is 1. The molecule has 1 aromatic carbocycles. The first-order valence-corrected chi connectivity index (χ1v) is 7.94. The highest BCUT2D eigenvalue weighted by Crippen LogP contribution is 2.27. The normalized spacial score (nSPS) is 17.0. The fraction of sp³-hybridized carbons (Fsp3) is 0.588. The Kier molecular flexibility index (Phi) is 6.19. The lowest BCUT2D eigenvalue weighted by Crippen LogP contribution is -2.30. The third-order valence-corrected chi connectivity index (χ3v) is 4.28. The minimum Gasteiger partial charge on any atom is -0.496 e. The molecule has 1 aliphatic heterocycles.